The van der Waals surface area contributed by atoms with Gasteiger partial charge in [-0.1, -0.05) is 30.3 Å². The van der Waals surface area contributed by atoms with Crippen LogP contribution in [0.3, 0.4) is 0 Å². The van der Waals surface area contributed by atoms with Gasteiger partial charge in [0.15, 0.2) is 5.82 Å². The fourth-order valence-corrected chi connectivity index (χ4v) is 1.52. The second-order valence-corrected chi connectivity index (χ2v) is 4.55. The quantitative estimate of drug-likeness (QED) is 0.903. The van der Waals surface area contributed by atoms with Crippen LogP contribution in [0.5, 0.6) is 0 Å². The van der Waals surface area contributed by atoms with Gasteiger partial charge in [-0.05, 0) is 25.0 Å². The third-order valence-electron chi connectivity index (χ3n) is 3.01. The Balaban J connectivity index is 2.20. The van der Waals surface area contributed by atoms with Gasteiger partial charge in [0.1, 0.15) is 5.82 Å². The summed E-state index contributed by atoms with van der Waals surface area (Å²) in [6.07, 6.45) is 0.977. The van der Waals surface area contributed by atoms with Crippen molar-refractivity contribution in [1.29, 1.82) is 0 Å². The second-order valence-electron chi connectivity index (χ2n) is 4.55. The molecule has 18 heavy (non-hydrogen) atoms. The Kier molecular flexibility index (Phi) is 3.43. The number of benzene rings is 1. The van der Waals surface area contributed by atoms with Crippen molar-refractivity contribution in [3.05, 3.63) is 47.4 Å². The van der Waals surface area contributed by atoms with Crippen LogP contribution in [0, 0.1) is 5.82 Å². The first-order valence-corrected chi connectivity index (χ1v) is 5.88. The maximum atomic E-state index is 13.5. The monoisotopic (exact) mass is 249 g/mol. The highest BCUT2D eigenvalue weighted by Crippen LogP contribution is 2.19. The molecule has 4 nitrogen and oxygen atoms in total. The van der Waals surface area contributed by atoms with Crippen LogP contribution in [0.25, 0.3) is 0 Å². The fourth-order valence-electron chi connectivity index (χ4n) is 1.52. The van der Waals surface area contributed by atoms with Crippen LogP contribution in [0.4, 0.5) is 4.39 Å². The molecule has 2 rings (SSSR count). The lowest BCUT2D eigenvalue weighted by molar-refractivity contribution is 0.355. The minimum atomic E-state index is -0.614. The molecule has 96 valence electrons. The third-order valence-corrected chi connectivity index (χ3v) is 3.01. The van der Waals surface area contributed by atoms with Gasteiger partial charge >= 0.3 is 0 Å². The summed E-state index contributed by atoms with van der Waals surface area (Å²) in [6, 6.07) is 6.52. The van der Waals surface area contributed by atoms with Crippen molar-refractivity contribution in [2.45, 2.75) is 32.2 Å². The van der Waals surface area contributed by atoms with Gasteiger partial charge in [-0.3, -0.25) is 0 Å². The summed E-state index contributed by atoms with van der Waals surface area (Å²) >= 11 is 0. The van der Waals surface area contributed by atoms with E-state index in [0.29, 0.717) is 23.7 Å². The van der Waals surface area contributed by atoms with Crippen molar-refractivity contribution in [1.82, 2.24) is 10.1 Å². The minimum Gasteiger partial charge on any atom is -0.339 e. The molecule has 1 unspecified atom stereocenters. The number of hydrogen-bond acceptors (Lipinski definition) is 4. The van der Waals surface area contributed by atoms with E-state index >= 15 is 0 Å². The minimum absolute atomic E-state index is 0.275. The van der Waals surface area contributed by atoms with Gasteiger partial charge in [0.25, 0.3) is 0 Å². The van der Waals surface area contributed by atoms with E-state index in [1.807, 2.05) is 13.8 Å². The predicted molar refractivity (Wildman–Crippen MR) is 65.3 cm³/mol. The van der Waals surface area contributed by atoms with E-state index in [9.17, 15) is 4.39 Å². The SMILES string of the molecule is CCC(C)(N)c1noc(Cc2ccccc2F)n1. The second kappa shape index (κ2) is 4.86. The van der Waals surface area contributed by atoms with Crippen LogP contribution in [0.2, 0.25) is 0 Å². The number of nitrogens with zero attached hydrogens (tertiary/aromatic N) is 2. The lowest BCUT2D eigenvalue weighted by Crippen LogP contribution is -2.33. The lowest BCUT2D eigenvalue weighted by Gasteiger charge is -2.16. The Labute approximate surface area is 105 Å². The maximum Gasteiger partial charge on any atom is 0.231 e. The molecule has 2 aromatic rings. The Bertz CT molecular complexity index is 537. The van der Waals surface area contributed by atoms with Crippen LogP contribution in [-0.4, -0.2) is 10.1 Å². The molecule has 0 aliphatic rings. The molecule has 1 aromatic heterocycles. The predicted octanol–water partition coefficient (Wildman–Crippen LogP) is 2.38. The van der Waals surface area contributed by atoms with Crippen molar-refractivity contribution in [3.63, 3.8) is 0 Å². The maximum absolute atomic E-state index is 13.5. The van der Waals surface area contributed by atoms with Crippen LogP contribution < -0.4 is 5.73 Å². The van der Waals surface area contributed by atoms with Gasteiger partial charge in [0.2, 0.25) is 5.89 Å². The Morgan fingerprint density at radius 2 is 2.11 bits per heavy atom. The average Bonchev–Trinajstić information content (AvgIpc) is 2.81. The number of halogens is 1. The average molecular weight is 249 g/mol. The molecule has 1 atom stereocenters. The molecule has 0 saturated carbocycles. The van der Waals surface area contributed by atoms with Gasteiger partial charge in [-0.25, -0.2) is 4.39 Å². The zero-order valence-corrected chi connectivity index (χ0v) is 10.5. The Morgan fingerprint density at radius 1 is 1.39 bits per heavy atom. The van der Waals surface area contributed by atoms with Gasteiger partial charge in [-0.2, -0.15) is 4.98 Å². The van der Waals surface area contributed by atoms with E-state index in [4.69, 9.17) is 10.3 Å². The van der Waals surface area contributed by atoms with E-state index < -0.39 is 5.54 Å². The van der Waals surface area contributed by atoms with Crippen LogP contribution >= 0.6 is 0 Å². The molecule has 0 saturated heterocycles. The molecule has 0 aliphatic carbocycles. The lowest BCUT2D eigenvalue weighted by atomic mass is 10.00. The van der Waals surface area contributed by atoms with E-state index in [0.717, 1.165) is 0 Å². The number of hydrogen-bond donors (Lipinski definition) is 1. The molecular weight excluding hydrogens is 233 g/mol. The zero-order valence-electron chi connectivity index (χ0n) is 10.5. The third kappa shape index (κ3) is 2.56. The van der Waals surface area contributed by atoms with Gasteiger partial charge in [0, 0.05) is 0 Å². The van der Waals surface area contributed by atoms with E-state index in [1.54, 1.807) is 18.2 Å². The zero-order chi connectivity index (χ0) is 13.2. The smallest absolute Gasteiger partial charge is 0.231 e. The normalized spacial score (nSPS) is 14.4. The highest BCUT2D eigenvalue weighted by Gasteiger charge is 2.25. The highest BCUT2D eigenvalue weighted by atomic mass is 19.1. The first kappa shape index (κ1) is 12.7. The van der Waals surface area contributed by atoms with E-state index in [1.165, 1.54) is 6.07 Å². The van der Waals surface area contributed by atoms with Gasteiger partial charge in [0.05, 0.1) is 12.0 Å². The van der Waals surface area contributed by atoms with E-state index in [-0.39, 0.29) is 12.2 Å². The van der Waals surface area contributed by atoms with Crippen molar-refractivity contribution >= 4 is 0 Å². The summed E-state index contributed by atoms with van der Waals surface area (Å²) in [7, 11) is 0. The topological polar surface area (TPSA) is 64.9 Å². The summed E-state index contributed by atoms with van der Waals surface area (Å²) in [5, 5.41) is 3.85. The largest absolute Gasteiger partial charge is 0.339 e. The standard InChI is InChI=1S/C13H16FN3O/c1-3-13(2,15)12-16-11(18-17-12)8-9-6-4-5-7-10(9)14/h4-7H,3,8,15H2,1-2H3. The molecule has 0 fully saturated rings. The number of rotatable bonds is 4. The molecule has 0 spiro atoms. The summed E-state index contributed by atoms with van der Waals surface area (Å²) in [4.78, 5) is 4.22. The van der Waals surface area contributed by atoms with E-state index in [2.05, 4.69) is 10.1 Å². The van der Waals surface area contributed by atoms with Crippen LogP contribution in [-0.2, 0) is 12.0 Å². The molecule has 0 radical (unpaired) electrons. The first-order chi connectivity index (χ1) is 8.53. The Hall–Kier alpha value is -1.75. The van der Waals surface area contributed by atoms with Crippen molar-refractivity contribution in [2.75, 3.05) is 0 Å². The molecule has 2 N–H and O–H groups in total. The summed E-state index contributed by atoms with van der Waals surface area (Å²) in [5.74, 6) is 0.555. The molecule has 0 amide bonds. The van der Waals surface area contributed by atoms with Gasteiger partial charge < -0.3 is 10.3 Å². The molecular formula is C13H16FN3O. The van der Waals surface area contributed by atoms with Crippen LogP contribution in [0.1, 0.15) is 37.5 Å². The molecule has 0 aliphatic heterocycles. The van der Waals surface area contributed by atoms with Crippen LogP contribution in [0.15, 0.2) is 28.8 Å². The van der Waals surface area contributed by atoms with Crippen molar-refractivity contribution in [2.24, 2.45) is 5.73 Å². The summed E-state index contributed by atoms with van der Waals surface area (Å²) in [5.41, 5.74) is 5.93. The summed E-state index contributed by atoms with van der Waals surface area (Å²) in [6.45, 7) is 3.79. The van der Waals surface area contributed by atoms with Crippen molar-refractivity contribution in [3.8, 4) is 0 Å². The molecule has 0 bridgehead atoms. The first-order valence-electron chi connectivity index (χ1n) is 5.88. The molecule has 1 aromatic carbocycles. The number of nitrogens with two attached hydrogens (primary N) is 1. The summed E-state index contributed by atoms with van der Waals surface area (Å²) < 4.78 is 18.6. The fraction of sp³-hybridized carbons (Fsp3) is 0.385. The van der Waals surface area contributed by atoms with Gasteiger partial charge in [-0.15, -0.1) is 0 Å². The highest BCUT2D eigenvalue weighted by molar-refractivity contribution is 5.20. The number of aromatic nitrogens is 2. The molecule has 1 heterocycles. The van der Waals surface area contributed by atoms with Crippen molar-refractivity contribution < 1.29 is 8.91 Å². The Morgan fingerprint density at radius 3 is 2.78 bits per heavy atom. The molecule has 5 heteroatoms.